The van der Waals surface area contributed by atoms with Gasteiger partial charge in [-0.05, 0) is 24.3 Å². The van der Waals surface area contributed by atoms with Crippen LogP contribution in [-0.4, -0.2) is 16.2 Å². The van der Waals surface area contributed by atoms with E-state index in [2.05, 4.69) is 15.5 Å². The van der Waals surface area contributed by atoms with Gasteiger partial charge in [0.05, 0.1) is 0 Å². The highest BCUT2D eigenvalue weighted by Gasteiger charge is 2.07. The second-order valence-electron chi connectivity index (χ2n) is 3.23. The molecular weight excluding hydrogens is 260 g/mol. The molecular formula is C10H9ClN4O3. The van der Waals surface area contributed by atoms with Crippen LogP contribution in [0.15, 0.2) is 28.7 Å². The Morgan fingerprint density at radius 2 is 2.11 bits per heavy atom. The highest BCUT2D eigenvalue weighted by molar-refractivity contribution is 6.30. The Morgan fingerprint density at radius 3 is 2.78 bits per heavy atom. The van der Waals surface area contributed by atoms with Gasteiger partial charge in [-0.25, -0.2) is 4.79 Å². The summed E-state index contributed by atoms with van der Waals surface area (Å²) < 4.78 is 10.4. The smallest absolute Gasteiger partial charge is 0.323 e. The molecule has 94 valence electrons. The van der Waals surface area contributed by atoms with Crippen molar-refractivity contribution >= 4 is 23.6 Å². The largest absolute Gasteiger partial charge is 0.484 e. The number of urea groups is 1. The van der Waals surface area contributed by atoms with E-state index in [1.165, 1.54) is 0 Å². The predicted octanol–water partition coefficient (Wildman–Crippen LogP) is 1.79. The first-order chi connectivity index (χ1) is 8.63. The second-order valence-corrected chi connectivity index (χ2v) is 3.67. The lowest BCUT2D eigenvalue weighted by molar-refractivity contribution is 0.256. The van der Waals surface area contributed by atoms with Crippen LogP contribution in [0.1, 0.15) is 5.89 Å². The van der Waals surface area contributed by atoms with Crippen LogP contribution in [0.5, 0.6) is 5.75 Å². The summed E-state index contributed by atoms with van der Waals surface area (Å²) in [6.45, 7) is 0.0784. The maximum absolute atomic E-state index is 10.5. The van der Waals surface area contributed by atoms with Crippen LogP contribution in [0.4, 0.5) is 10.8 Å². The zero-order chi connectivity index (χ0) is 13.0. The number of aromatic nitrogens is 2. The van der Waals surface area contributed by atoms with Gasteiger partial charge in [-0.1, -0.05) is 16.7 Å². The SMILES string of the molecule is NC(=O)Nc1nnc(COc2ccc(Cl)cc2)o1. The third kappa shape index (κ3) is 3.36. The number of hydrogen-bond acceptors (Lipinski definition) is 5. The number of anilines is 1. The number of rotatable bonds is 4. The average molecular weight is 269 g/mol. The maximum Gasteiger partial charge on any atom is 0.323 e. The van der Waals surface area contributed by atoms with Gasteiger partial charge in [0.15, 0.2) is 6.61 Å². The predicted molar refractivity (Wildman–Crippen MR) is 63.3 cm³/mol. The molecule has 0 saturated heterocycles. The van der Waals surface area contributed by atoms with Crippen LogP contribution in [0.2, 0.25) is 5.02 Å². The molecule has 0 atom stereocenters. The lowest BCUT2D eigenvalue weighted by atomic mass is 10.3. The van der Waals surface area contributed by atoms with E-state index in [0.717, 1.165) is 0 Å². The summed E-state index contributed by atoms with van der Waals surface area (Å²) >= 11 is 5.73. The van der Waals surface area contributed by atoms with Crippen molar-refractivity contribution in [2.75, 3.05) is 5.32 Å². The zero-order valence-corrected chi connectivity index (χ0v) is 9.85. The summed E-state index contributed by atoms with van der Waals surface area (Å²) in [6.07, 6.45) is 0. The molecule has 1 heterocycles. The van der Waals surface area contributed by atoms with E-state index in [1.54, 1.807) is 24.3 Å². The number of nitrogens with zero attached hydrogens (tertiary/aromatic N) is 2. The fourth-order valence-electron chi connectivity index (χ4n) is 1.14. The van der Waals surface area contributed by atoms with Crippen molar-refractivity contribution in [3.05, 3.63) is 35.2 Å². The van der Waals surface area contributed by atoms with Gasteiger partial charge in [-0.2, -0.15) is 0 Å². The number of carbonyl (C=O) groups excluding carboxylic acids is 1. The molecule has 0 spiro atoms. The van der Waals surface area contributed by atoms with Gasteiger partial charge >= 0.3 is 12.0 Å². The Bertz CT molecular complexity index is 540. The molecule has 2 rings (SSSR count). The lowest BCUT2D eigenvalue weighted by Gasteiger charge is -2.02. The number of primary amides is 1. The molecule has 0 unspecified atom stereocenters. The Morgan fingerprint density at radius 1 is 1.39 bits per heavy atom. The van der Waals surface area contributed by atoms with Crippen molar-refractivity contribution < 1.29 is 13.9 Å². The monoisotopic (exact) mass is 268 g/mol. The first kappa shape index (κ1) is 12.2. The normalized spacial score (nSPS) is 10.1. The molecule has 0 fully saturated rings. The number of nitrogens with one attached hydrogen (secondary N) is 1. The summed E-state index contributed by atoms with van der Waals surface area (Å²) in [5, 5.41) is 9.99. The van der Waals surface area contributed by atoms with Gasteiger partial charge in [-0.3, -0.25) is 5.32 Å². The molecule has 0 aliphatic carbocycles. The first-order valence-electron chi connectivity index (χ1n) is 4.90. The number of carbonyl (C=O) groups is 1. The molecule has 0 aliphatic rings. The van der Waals surface area contributed by atoms with E-state index in [-0.39, 0.29) is 18.5 Å². The van der Waals surface area contributed by atoms with Crippen molar-refractivity contribution in [2.24, 2.45) is 5.73 Å². The molecule has 0 radical (unpaired) electrons. The minimum absolute atomic E-state index is 0.0720. The molecule has 2 aromatic rings. The standard InChI is InChI=1S/C10H9ClN4O3/c11-6-1-3-7(4-2-6)17-5-8-14-15-10(18-8)13-9(12)16/h1-4H,5H2,(H3,12,13,15,16). The molecule has 0 bridgehead atoms. The number of hydrogen-bond donors (Lipinski definition) is 2. The second kappa shape index (κ2) is 5.37. The Kier molecular flexibility index (Phi) is 3.63. The van der Waals surface area contributed by atoms with Crippen LogP contribution in [0, 0.1) is 0 Å². The fourth-order valence-corrected chi connectivity index (χ4v) is 1.27. The van der Waals surface area contributed by atoms with Gasteiger partial charge in [-0.15, -0.1) is 5.10 Å². The summed E-state index contributed by atoms with van der Waals surface area (Å²) in [5.41, 5.74) is 4.89. The summed E-state index contributed by atoms with van der Waals surface area (Å²) in [6, 6.07) is 5.97. The summed E-state index contributed by atoms with van der Waals surface area (Å²) in [4.78, 5) is 10.5. The van der Waals surface area contributed by atoms with Crippen molar-refractivity contribution in [2.45, 2.75) is 6.61 Å². The van der Waals surface area contributed by atoms with Crippen LogP contribution < -0.4 is 15.8 Å². The number of amides is 2. The summed E-state index contributed by atoms with van der Waals surface area (Å²) in [7, 11) is 0. The van der Waals surface area contributed by atoms with Crippen LogP contribution in [0.25, 0.3) is 0 Å². The quantitative estimate of drug-likeness (QED) is 0.880. The Hall–Kier alpha value is -2.28. The highest BCUT2D eigenvalue weighted by Crippen LogP contribution is 2.17. The van der Waals surface area contributed by atoms with E-state index < -0.39 is 6.03 Å². The summed E-state index contributed by atoms with van der Waals surface area (Å²) in [5.74, 6) is 0.829. The van der Waals surface area contributed by atoms with E-state index in [9.17, 15) is 4.79 Å². The third-order valence-electron chi connectivity index (χ3n) is 1.87. The average Bonchev–Trinajstić information content (AvgIpc) is 2.75. The number of benzene rings is 1. The van der Waals surface area contributed by atoms with Crippen molar-refractivity contribution in [3.63, 3.8) is 0 Å². The third-order valence-corrected chi connectivity index (χ3v) is 2.12. The molecule has 1 aromatic carbocycles. The molecule has 1 aromatic heterocycles. The van der Waals surface area contributed by atoms with Crippen molar-refractivity contribution in [1.82, 2.24) is 10.2 Å². The van der Waals surface area contributed by atoms with E-state index >= 15 is 0 Å². The Labute approximate surface area is 107 Å². The molecule has 0 saturated carbocycles. The topological polar surface area (TPSA) is 103 Å². The van der Waals surface area contributed by atoms with Crippen LogP contribution in [-0.2, 0) is 6.61 Å². The molecule has 18 heavy (non-hydrogen) atoms. The molecule has 7 nitrogen and oxygen atoms in total. The molecule has 3 N–H and O–H groups in total. The van der Waals surface area contributed by atoms with Gasteiger partial charge in [0, 0.05) is 5.02 Å². The van der Waals surface area contributed by atoms with Gasteiger partial charge < -0.3 is 14.9 Å². The zero-order valence-electron chi connectivity index (χ0n) is 9.09. The molecule has 8 heteroatoms. The number of ether oxygens (including phenoxy) is 1. The minimum atomic E-state index is -0.774. The minimum Gasteiger partial charge on any atom is -0.484 e. The number of halogens is 1. The number of nitrogens with two attached hydrogens (primary N) is 1. The Balaban J connectivity index is 1.92. The maximum atomic E-state index is 10.5. The molecule has 2 amide bonds. The lowest BCUT2D eigenvalue weighted by Crippen LogP contribution is -2.19. The van der Waals surface area contributed by atoms with Crippen LogP contribution in [0.3, 0.4) is 0 Å². The van der Waals surface area contributed by atoms with Crippen molar-refractivity contribution in [1.29, 1.82) is 0 Å². The van der Waals surface area contributed by atoms with Gasteiger partial charge in [0.2, 0.25) is 0 Å². The van der Waals surface area contributed by atoms with Gasteiger partial charge in [0.1, 0.15) is 5.75 Å². The fraction of sp³-hybridized carbons (Fsp3) is 0.100. The van der Waals surface area contributed by atoms with E-state index in [4.69, 9.17) is 26.5 Å². The van der Waals surface area contributed by atoms with Crippen molar-refractivity contribution in [3.8, 4) is 5.75 Å². The first-order valence-corrected chi connectivity index (χ1v) is 5.28. The molecule has 0 aliphatic heterocycles. The van der Waals surface area contributed by atoms with Gasteiger partial charge in [0.25, 0.3) is 5.89 Å². The van der Waals surface area contributed by atoms with Crippen LogP contribution >= 0.6 is 11.6 Å². The highest BCUT2D eigenvalue weighted by atomic mass is 35.5. The van der Waals surface area contributed by atoms with E-state index in [0.29, 0.717) is 10.8 Å². The van der Waals surface area contributed by atoms with E-state index in [1.807, 2.05) is 0 Å².